The van der Waals surface area contributed by atoms with Crippen molar-refractivity contribution >= 4 is 5.69 Å². The van der Waals surface area contributed by atoms with Gasteiger partial charge in [-0.1, -0.05) is 12.1 Å². The standard InChI is InChI=1S/C15H24FN3/c1-11(17)13-7-4-8-14(16)15(13)19(3)12-6-5-9-18(2)10-12/h4,7-8,11-12H,5-6,9-10,17H2,1-3H3/t11-,12?/m0/s1. The number of hydrogen-bond donors (Lipinski definition) is 1. The number of halogens is 1. The maximum absolute atomic E-state index is 14.2. The van der Waals surface area contributed by atoms with Gasteiger partial charge in [-0.3, -0.25) is 0 Å². The summed E-state index contributed by atoms with van der Waals surface area (Å²) in [5, 5.41) is 0. The van der Waals surface area contributed by atoms with Crippen LogP contribution in [0.25, 0.3) is 0 Å². The lowest BCUT2D eigenvalue weighted by atomic mass is 10.0. The van der Waals surface area contributed by atoms with E-state index in [0.717, 1.165) is 31.5 Å². The largest absolute Gasteiger partial charge is 0.368 e. The first kappa shape index (κ1) is 14.3. The molecule has 0 aliphatic carbocycles. The average Bonchev–Trinajstić information content (AvgIpc) is 2.37. The number of piperidine rings is 1. The quantitative estimate of drug-likeness (QED) is 0.910. The Morgan fingerprint density at radius 1 is 1.47 bits per heavy atom. The predicted molar refractivity (Wildman–Crippen MR) is 77.9 cm³/mol. The van der Waals surface area contributed by atoms with Gasteiger partial charge in [0.05, 0.1) is 5.69 Å². The Hall–Kier alpha value is -1.13. The van der Waals surface area contributed by atoms with Crippen molar-refractivity contribution in [3.8, 4) is 0 Å². The molecule has 1 heterocycles. The van der Waals surface area contributed by atoms with E-state index in [1.807, 2.05) is 20.0 Å². The highest BCUT2D eigenvalue weighted by molar-refractivity contribution is 5.56. The molecule has 2 rings (SSSR count). The van der Waals surface area contributed by atoms with Gasteiger partial charge in [0.2, 0.25) is 0 Å². The highest BCUT2D eigenvalue weighted by atomic mass is 19.1. The zero-order chi connectivity index (χ0) is 14.0. The number of nitrogens with zero attached hydrogens (tertiary/aromatic N) is 2. The minimum absolute atomic E-state index is 0.158. The molecule has 0 bridgehead atoms. The van der Waals surface area contributed by atoms with Gasteiger partial charge >= 0.3 is 0 Å². The number of rotatable bonds is 3. The molecule has 0 aromatic heterocycles. The Bertz CT molecular complexity index is 433. The van der Waals surface area contributed by atoms with E-state index in [4.69, 9.17) is 5.73 Å². The van der Waals surface area contributed by atoms with E-state index < -0.39 is 0 Å². The molecule has 1 unspecified atom stereocenters. The third kappa shape index (κ3) is 3.07. The van der Waals surface area contributed by atoms with Crippen LogP contribution in [-0.2, 0) is 0 Å². The lowest BCUT2D eigenvalue weighted by Gasteiger charge is -2.38. The number of anilines is 1. The first-order valence-corrected chi connectivity index (χ1v) is 6.96. The van der Waals surface area contributed by atoms with Crippen molar-refractivity contribution in [1.82, 2.24) is 4.90 Å². The van der Waals surface area contributed by atoms with Gasteiger partial charge in [0.25, 0.3) is 0 Å². The van der Waals surface area contributed by atoms with Crippen LogP contribution in [0.4, 0.5) is 10.1 Å². The Morgan fingerprint density at radius 2 is 2.21 bits per heavy atom. The van der Waals surface area contributed by atoms with Crippen LogP contribution in [0.2, 0.25) is 0 Å². The van der Waals surface area contributed by atoms with Crippen LogP contribution in [0.1, 0.15) is 31.4 Å². The topological polar surface area (TPSA) is 32.5 Å². The molecule has 0 radical (unpaired) electrons. The highest BCUT2D eigenvalue weighted by Gasteiger charge is 2.25. The maximum Gasteiger partial charge on any atom is 0.146 e. The van der Waals surface area contributed by atoms with Crippen molar-refractivity contribution in [2.75, 3.05) is 32.1 Å². The first-order valence-electron chi connectivity index (χ1n) is 6.96. The summed E-state index contributed by atoms with van der Waals surface area (Å²) in [5.74, 6) is -0.175. The molecule has 19 heavy (non-hydrogen) atoms. The van der Waals surface area contributed by atoms with E-state index in [9.17, 15) is 4.39 Å². The van der Waals surface area contributed by atoms with Gasteiger partial charge in [-0.15, -0.1) is 0 Å². The zero-order valence-corrected chi connectivity index (χ0v) is 12.1. The van der Waals surface area contributed by atoms with Gasteiger partial charge in [-0.2, -0.15) is 0 Å². The Labute approximate surface area is 115 Å². The third-order valence-corrected chi connectivity index (χ3v) is 4.01. The molecule has 0 saturated carbocycles. The second-order valence-electron chi connectivity index (χ2n) is 5.64. The molecule has 106 valence electrons. The van der Waals surface area contributed by atoms with Crippen molar-refractivity contribution in [3.05, 3.63) is 29.6 Å². The number of benzene rings is 1. The lowest BCUT2D eigenvalue weighted by molar-refractivity contribution is 0.247. The number of para-hydroxylation sites is 1. The van der Waals surface area contributed by atoms with E-state index in [1.54, 1.807) is 6.07 Å². The number of nitrogens with two attached hydrogens (primary N) is 1. The fourth-order valence-corrected chi connectivity index (χ4v) is 2.91. The van der Waals surface area contributed by atoms with E-state index >= 15 is 0 Å². The minimum Gasteiger partial charge on any atom is -0.368 e. The van der Waals surface area contributed by atoms with Crippen molar-refractivity contribution in [1.29, 1.82) is 0 Å². The normalized spacial score (nSPS) is 22.3. The van der Waals surface area contributed by atoms with Gasteiger partial charge in [-0.05, 0) is 45.0 Å². The third-order valence-electron chi connectivity index (χ3n) is 4.01. The lowest BCUT2D eigenvalue weighted by Crippen LogP contribution is -2.45. The zero-order valence-electron chi connectivity index (χ0n) is 12.1. The molecule has 0 amide bonds. The summed E-state index contributed by atoms with van der Waals surface area (Å²) >= 11 is 0. The number of likely N-dealkylation sites (N-methyl/N-ethyl adjacent to an activating group) is 2. The van der Waals surface area contributed by atoms with Crippen molar-refractivity contribution in [3.63, 3.8) is 0 Å². The molecule has 2 N–H and O–H groups in total. The van der Waals surface area contributed by atoms with E-state index in [1.165, 1.54) is 6.07 Å². The summed E-state index contributed by atoms with van der Waals surface area (Å²) in [6.45, 7) is 4.00. The smallest absolute Gasteiger partial charge is 0.146 e. The van der Waals surface area contributed by atoms with Gasteiger partial charge in [-0.25, -0.2) is 4.39 Å². The van der Waals surface area contributed by atoms with E-state index in [2.05, 4.69) is 16.8 Å². The second kappa shape index (κ2) is 5.88. The molecule has 4 heteroatoms. The summed E-state index contributed by atoms with van der Waals surface area (Å²) in [7, 11) is 4.10. The van der Waals surface area contributed by atoms with Gasteiger partial charge in [0, 0.05) is 25.7 Å². The van der Waals surface area contributed by atoms with Crippen LogP contribution in [-0.4, -0.2) is 38.1 Å². The molecular weight excluding hydrogens is 241 g/mol. The number of likely N-dealkylation sites (tertiary alicyclic amines) is 1. The summed E-state index contributed by atoms with van der Waals surface area (Å²) in [5.41, 5.74) is 7.52. The Morgan fingerprint density at radius 3 is 2.84 bits per heavy atom. The van der Waals surface area contributed by atoms with E-state index in [-0.39, 0.29) is 11.9 Å². The monoisotopic (exact) mass is 265 g/mol. The molecule has 1 fully saturated rings. The van der Waals surface area contributed by atoms with Crippen molar-refractivity contribution in [2.24, 2.45) is 5.73 Å². The van der Waals surface area contributed by atoms with Crippen molar-refractivity contribution < 1.29 is 4.39 Å². The van der Waals surface area contributed by atoms with Crippen LogP contribution >= 0.6 is 0 Å². The molecule has 1 aromatic rings. The van der Waals surface area contributed by atoms with Crippen LogP contribution in [0.15, 0.2) is 18.2 Å². The Balaban J connectivity index is 2.29. The van der Waals surface area contributed by atoms with Crippen LogP contribution in [0.3, 0.4) is 0 Å². The van der Waals surface area contributed by atoms with Gasteiger partial charge in [0.15, 0.2) is 0 Å². The molecule has 1 aliphatic rings. The molecule has 0 spiro atoms. The highest BCUT2D eigenvalue weighted by Crippen LogP contribution is 2.30. The Kier molecular flexibility index (Phi) is 4.42. The fraction of sp³-hybridized carbons (Fsp3) is 0.600. The summed E-state index contributed by atoms with van der Waals surface area (Å²) in [4.78, 5) is 4.38. The van der Waals surface area contributed by atoms with Crippen LogP contribution in [0, 0.1) is 5.82 Å². The van der Waals surface area contributed by atoms with Crippen LogP contribution in [0.5, 0.6) is 0 Å². The first-order chi connectivity index (χ1) is 9.00. The predicted octanol–water partition coefficient (Wildman–Crippen LogP) is 2.38. The minimum atomic E-state index is -0.175. The average molecular weight is 265 g/mol. The number of hydrogen-bond acceptors (Lipinski definition) is 3. The second-order valence-corrected chi connectivity index (χ2v) is 5.64. The van der Waals surface area contributed by atoms with Crippen LogP contribution < -0.4 is 10.6 Å². The molecular formula is C15H24FN3. The van der Waals surface area contributed by atoms with E-state index in [0.29, 0.717) is 11.7 Å². The summed E-state index contributed by atoms with van der Waals surface area (Å²) in [6.07, 6.45) is 2.26. The molecule has 3 nitrogen and oxygen atoms in total. The SMILES string of the molecule is C[C@H](N)c1cccc(F)c1N(C)C1CCCN(C)C1. The van der Waals surface area contributed by atoms with Gasteiger partial charge < -0.3 is 15.5 Å². The fourth-order valence-electron chi connectivity index (χ4n) is 2.91. The molecule has 1 saturated heterocycles. The maximum atomic E-state index is 14.2. The van der Waals surface area contributed by atoms with Gasteiger partial charge in [0.1, 0.15) is 5.82 Å². The van der Waals surface area contributed by atoms with Crippen molar-refractivity contribution in [2.45, 2.75) is 31.8 Å². The molecule has 1 aromatic carbocycles. The summed E-state index contributed by atoms with van der Waals surface area (Å²) in [6, 6.07) is 5.37. The molecule has 2 atom stereocenters. The summed E-state index contributed by atoms with van der Waals surface area (Å²) < 4.78 is 14.2. The molecule has 1 aliphatic heterocycles.